The van der Waals surface area contributed by atoms with Gasteiger partial charge in [-0.05, 0) is 37.0 Å². The third kappa shape index (κ3) is 2.58. The second kappa shape index (κ2) is 4.61. The van der Waals surface area contributed by atoms with E-state index in [4.69, 9.17) is 11.6 Å². The highest BCUT2D eigenvalue weighted by Crippen LogP contribution is 2.14. The highest BCUT2D eigenvalue weighted by atomic mass is 35.5. The van der Waals surface area contributed by atoms with Gasteiger partial charge in [0.25, 0.3) is 0 Å². The minimum Gasteiger partial charge on any atom is -0.294 e. The standard InChI is InChI=1S/C12H14ClN/c13-11-5-3-4-10(8-11)9-12-6-1-2-7-14-12/h3-5,8H,1-2,6-7,9H2. The summed E-state index contributed by atoms with van der Waals surface area (Å²) in [5.74, 6) is 0. The molecule has 0 bridgehead atoms. The first-order valence-corrected chi connectivity index (χ1v) is 5.49. The molecular weight excluding hydrogens is 194 g/mol. The van der Waals surface area contributed by atoms with E-state index in [1.54, 1.807) is 0 Å². The Morgan fingerprint density at radius 2 is 2.21 bits per heavy atom. The molecule has 2 rings (SSSR count). The van der Waals surface area contributed by atoms with E-state index in [-0.39, 0.29) is 0 Å². The molecule has 1 heterocycles. The molecule has 74 valence electrons. The van der Waals surface area contributed by atoms with Crippen molar-refractivity contribution < 1.29 is 0 Å². The molecule has 0 fully saturated rings. The highest BCUT2D eigenvalue weighted by Gasteiger charge is 2.05. The lowest BCUT2D eigenvalue weighted by molar-refractivity contribution is 0.730. The van der Waals surface area contributed by atoms with E-state index in [9.17, 15) is 0 Å². The van der Waals surface area contributed by atoms with Crippen molar-refractivity contribution in [2.45, 2.75) is 25.7 Å². The molecule has 0 atom stereocenters. The average Bonchev–Trinajstić information content (AvgIpc) is 2.19. The van der Waals surface area contributed by atoms with E-state index in [2.05, 4.69) is 11.1 Å². The number of benzene rings is 1. The number of hydrogen-bond acceptors (Lipinski definition) is 1. The van der Waals surface area contributed by atoms with Crippen LogP contribution in [-0.2, 0) is 6.42 Å². The van der Waals surface area contributed by atoms with Crippen LogP contribution in [0.1, 0.15) is 24.8 Å². The zero-order valence-electron chi connectivity index (χ0n) is 8.17. The van der Waals surface area contributed by atoms with Crippen molar-refractivity contribution in [3.8, 4) is 0 Å². The van der Waals surface area contributed by atoms with Crippen LogP contribution in [0.15, 0.2) is 29.3 Å². The normalized spacial score (nSPS) is 16.5. The Balaban J connectivity index is 2.06. The molecular formula is C12H14ClN. The van der Waals surface area contributed by atoms with Crippen LogP contribution >= 0.6 is 11.6 Å². The van der Waals surface area contributed by atoms with Gasteiger partial charge in [-0.15, -0.1) is 0 Å². The summed E-state index contributed by atoms with van der Waals surface area (Å²) in [4.78, 5) is 4.53. The SMILES string of the molecule is Clc1cccc(CC2=NCCCC2)c1. The van der Waals surface area contributed by atoms with Crippen LogP contribution in [0.2, 0.25) is 5.02 Å². The van der Waals surface area contributed by atoms with Gasteiger partial charge in [-0.2, -0.15) is 0 Å². The van der Waals surface area contributed by atoms with Crippen molar-refractivity contribution >= 4 is 17.3 Å². The van der Waals surface area contributed by atoms with Crippen LogP contribution in [0, 0.1) is 0 Å². The number of rotatable bonds is 2. The van der Waals surface area contributed by atoms with Crippen LogP contribution in [0.5, 0.6) is 0 Å². The van der Waals surface area contributed by atoms with Crippen molar-refractivity contribution in [2.24, 2.45) is 4.99 Å². The first-order valence-electron chi connectivity index (χ1n) is 5.11. The highest BCUT2D eigenvalue weighted by molar-refractivity contribution is 6.30. The van der Waals surface area contributed by atoms with Gasteiger partial charge in [0.2, 0.25) is 0 Å². The number of hydrogen-bond donors (Lipinski definition) is 0. The van der Waals surface area contributed by atoms with Crippen LogP contribution < -0.4 is 0 Å². The minimum atomic E-state index is 0.818. The van der Waals surface area contributed by atoms with E-state index in [0.717, 1.165) is 24.4 Å². The van der Waals surface area contributed by atoms with Crippen LogP contribution in [0.25, 0.3) is 0 Å². The van der Waals surface area contributed by atoms with Crippen LogP contribution in [0.3, 0.4) is 0 Å². The summed E-state index contributed by atoms with van der Waals surface area (Å²) < 4.78 is 0. The molecule has 1 aromatic carbocycles. The summed E-state index contributed by atoms with van der Waals surface area (Å²) in [5, 5.41) is 0.818. The second-order valence-corrected chi connectivity index (χ2v) is 4.15. The monoisotopic (exact) mass is 207 g/mol. The van der Waals surface area contributed by atoms with Gasteiger partial charge in [-0.1, -0.05) is 23.7 Å². The predicted molar refractivity (Wildman–Crippen MR) is 61.3 cm³/mol. The molecule has 0 spiro atoms. The quantitative estimate of drug-likeness (QED) is 0.704. The predicted octanol–water partition coefficient (Wildman–Crippen LogP) is 3.51. The molecule has 0 radical (unpaired) electrons. The Morgan fingerprint density at radius 1 is 1.29 bits per heavy atom. The second-order valence-electron chi connectivity index (χ2n) is 3.71. The Morgan fingerprint density at radius 3 is 2.93 bits per heavy atom. The summed E-state index contributed by atoms with van der Waals surface area (Å²) in [7, 11) is 0. The van der Waals surface area contributed by atoms with Gasteiger partial charge in [-0.25, -0.2) is 0 Å². The lowest BCUT2D eigenvalue weighted by atomic mass is 10.0. The Labute approximate surface area is 89.8 Å². The van der Waals surface area contributed by atoms with Crippen molar-refractivity contribution in [3.63, 3.8) is 0 Å². The van der Waals surface area contributed by atoms with Gasteiger partial charge in [0, 0.05) is 23.7 Å². The van der Waals surface area contributed by atoms with Gasteiger partial charge < -0.3 is 0 Å². The maximum atomic E-state index is 5.92. The van der Waals surface area contributed by atoms with Gasteiger partial charge in [-0.3, -0.25) is 4.99 Å². The van der Waals surface area contributed by atoms with Crippen molar-refractivity contribution in [2.75, 3.05) is 6.54 Å². The molecule has 0 amide bonds. The minimum absolute atomic E-state index is 0.818. The molecule has 1 aliphatic heterocycles. The summed E-state index contributed by atoms with van der Waals surface area (Å²) >= 11 is 5.92. The Kier molecular flexibility index (Phi) is 3.20. The van der Waals surface area contributed by atoms with Crippen molar-refractivity contribution in [1.29, 1.82) is 0 Å². The molecule has 0 saturated carbocycles. The third-order valence-corrected chi connectivity index (χ3v) is 2.74. The molecule has 0 saturated heterocycles. The van der Waals surface area contributed by atoms with Gasteiger partial charge >= 0.3 is 0 Å². The summed E-state index contributed by atoms with van der Waals surface area (Å²) in [5.41, 5.74) is 2.61. The maximum Gasteiger partial charge on any atom is 0.0408 e. The summed E-state index contributed by atoms with van der Waals surface area (Å²) in [6.07, 6.45) is 4.67. The summed E-state index contributed by atoms with van der Waals surface area (Å²) in [6, 6.07) is 8.05. The zero-order chi connectivity index (χ0) is 9.80. The van der Waals surface area contributed by atoms with Gasteiger partial charge in [0.05, 0.1) is 0 Å². The third-order valence-electron chi connectivity index (χ3n) is 2.51. The number of nitrogens with zero attached hydrogens (tertiary/aromatic N) is 1. The van der Waals surface area contributed by atoms with E-state index in [1.165, 1.54) is 24.1 Å². The lowest BCUT2D eigenvalue weighted by Gasteiger charge is -2.11. The van der Waals surface area contributed by atoms with E-state index >= 15 is 0 Å². The molecule has 1 nitrogen and oxygen atoms in total. The van der Waals surface area contributed by atoms with E-state index in [1.807, 2.05) is 18.2 Å². The fourth-order valence-corrected chi connectivity index (χ4v) is 2.00. The molecule has 1 aliphatic rings. The largest absolute Gasteiger partial charge is 0.294 e. The number of aliphatic imine (C=N–C) groups is 1. The van der Waals surface area contributed by atoms with Crippen LogP contribution in [0.4, 0.5) is 0 Å². The van der Waals surface area contributed by atoms with Crippen LogP contribution in [-0.4, -0.2) is 12.3 Å². The van der Waals surface area contributed by atoms with Gasteiger partial charge in [0.1, 0.15) is 0 Å². The smallest absolute Gasteiger partial charge is 0.0408 e. The first-order chi connectivity index (χ1) is 6.84. The van der Waals surface area contributed by atoms with Gasteiger partial charge in [0.15, 0.2) is 0 Å². The lowest BCUT2D eigenvalue weighted by Crippen LogP contribution is -2.09. The topological polar surface area (TPSA) is 12.4 Å². The molecule has 0 aromatic heterocycles. The first kappa shape index (κ1) is 9.72. The zero-order valence-corrected chi connectivity index (χ0v) is 8.93. The summed E-state index contributed by atoms with van der Waals surface area (Å²) in [6.45, 7) is 1.01. The molecule has 0 unspecified atom stereocenters. The van der Waals surface area contributed by atoms with E-state index in [0.29, 0.717) is 0 Å². The fraction of sp³-hybridized carbons (Fsp3) is 0.417. The molecule has 2 heteroatoms. The van der Waals surface area contributed by atoms with E-state index < -0.39 is 0 Å². The number of halogens is 1. The maximum absolute atomic E-state index is 5.92. The Hall–Kier alpha value is -0.820. The van der Waals surface area contributed by atoms with Crippen molar-refractivity contribution in [3.05, 3.63) is 34.9 Å². The average molecular weight is 208 g/mol. The molecule has 0 aliphatic carbocycles. The molecule has 1 aromatic rings. The molecule has 14 heavy (non-hydrogen) atoms. The van der Waals surface area contributed by atoms with Crippen molar-refractivity contribution in [1.82, 2.24) is 0 Å². The fourth-order valence-electron chi connectivity index (χ4n) is 1.78. The Bertz CT molecular complexity index is 344. The molecule has 0 N–H and O–H groups in total.